The zero-order valence-electron chi connectivity index (χ0n) is 15.1. The van der Waals surface area contributed by atoms with E-state index >= 15 is 0 Å². The van der Waals surface area contributed by atoms with Crippen LogP contribution in [0.2, 0.25) is 0 Å². The molecule has 2 heterocycles. The van der Waals surface area contributed by atoms with Gasteiger partial charge in [0.2, 0.25) is 5.91 Å². The fourth-order valence-electron chi connectivity index (χ4n) is 2.77. The number of anilines is 1. The number of para-hydroxylation sites is 1. The largest absolute Gasteiger partial charge is 0.310 e. The number of amides is 1. The molecule has 3 aromatic rings. The van der Waals surface area contributed by atoms with Crippen LogP contribution >= 0.6 is 0 Å². The van der Waals surface area contributed by atoms with Gasteiger partial charge in [-0.25, -0.2) is 9.67 Å². The second kappa shape index (κ2) is 7.49. The predicted molar refractivity (Wildman–Crippen MR) is 99.9 cm³/mol. The predicted octanol–water partition coefficient (Wildman–Crippen LogP) is 1.77. The first-order chi connectivity index (χ1) is 12.4. The SMILES string of the molecule is CC(C)n1nccc1NC(=O)CN(C)Cc1nc2ccccc2c(=O)[nH]1. The molecule has 0 radical (unpaired) electrons. The van der Waals surface area contributed by atoms with E-state index in [4.69, 9.17) is 0 Å². The maximum Gasteiger partial charge on any atom is 0.258 e. The van der Waals surface area contributed by atoms with Gasteiger partial charge >= 0.3 is 0 Å². The minimum atomic E-state index is -0.177. The molecule has 26 heavy (non-hydrogen) atoms. The standard InChI is InChI=1S/C18H22N6O2/c1-12(2)24-16(8-9-19-24)22-17(25)11-23(3)10-15-20-14-7-5-4-6-13(14)18(26)21-15/h4-9,12H,10-11H2,1-3H3,(H,22,25)(H,20,21,26). The highest BCUT2D eigenvalue weighted by Crippen LogP contribution is 2.13. The molecule has 0 aliphatic carbocycles. The number of nitrogens with one attached hydrogen (secondary N) is 2. The third-order valence-electron chi connectivity index (χ3n) is 3.92. The van der Waals surface area contributed by atoms with Crippen molar-refractivity contribution in [3.8, 4) is 0 Å². The summed E-state index contributed by atoms with van der Waals surface area (Å²) in [6, 6.07) is 9.10. The van der Waals surface area contributed by atoms with Crippen LogP contribution in [-0.4, -0.2) is 44.1 Å². The van der Waals surface area contributed by atoms with Crippen molar-refractivity contribution < 1.29 is 4.79 Å². The number of aromatic amines is 1. The number of aromatic nitrogens is 4. The lowest BCUT2D eigenvalue weighted by Crippen LogP contribution is -2.31. The first-order valence-corrected chi connectivity index (χ1v) is 8.44. The van der Waals surface area contributed by atoms with E-state index in [9.17, 15) is 9.59 Å². The topological polar surface area (TPSA) is 95.9 Å². The van der Waals surface area contributed by atoms with Crippen molar-refractivity contribution in [3.05, 3.63) is 52.7 Å². The summed E-state index contributed by atoms with van der Waals surface area (Å²) >= 11 is 0. The van der Waals surface area contributed by atoms with Gasteiger partial charge in [0, 0.05) is 12.1 Å². The van der Waals surface area contributed by atoms with Crippen LogP contribution in [-0.2, 0) is 11.3 Å². The number of carbonyl (C=O) groups excluding carboxylic acids is 1. The molecule has 0 saturated carbocycles. The van der Waals surface area contributed by atoms with Gasteiger partial charge in [0.1, 0.15) is 11.6 Å². The van der Waals surface area contributed by atoms with Crippen LogP contribution in [0.15, 0.2) is 41.3 Å². The van der Waals surface area contributed by atoms with E-state index in [1.54, 1.807) is 47.1 Å². The number of hydrogen-bond acceptors (Lipinski definition) is 5. The van der Waals surface area contributed by atoms with Crippen molar-refractivity contribution in [2.24, 2.45) is 0 Å². The zero-order chi connectivity index (χ0) is 18.7. The van der Waals surface area contributed by atoms with Gasteiger partial charge in [0.05, 0.1) is 30.2 Å². The number of benzene rings is 1. The molecule has 0 spiro atoms. The molecule has 8 heteroatoms. The summed E-state index contributed by atoms with van der Waals surface area (Å²) in [6.07, 6.45) is 1.66. The molecule has 8 nitrogen and oxygen atoms in total. The van der Waals surface area contributed by atoms with Gasteiger partial charge < -0.3 is 10.3 Å². The van der Waals surface area contributed by atoms with E-state index in [-0.39, 0.29) is 24.1 Å². The van der Waals surface area contributed by atoms with Gasteiger partial charge in [-0.1, -0.05) is 12.1 Å². The Labute approximate surface area is 150 Å². The quantitative estimate of drug-likeness (QED) is 0.703. The summed E-state index contributed by atoms with van der Waals surface area (Å²) in [6.45, 7) is 4.52. The van der Waals surface area contributed by atoms with Crippen LogP contribution in [0.25, 0.3) is 10.9 Å². The average Bonchev–Trinajstić information content (AvgIpc) is 3.02. The Kier molecular flexibility index (Phi) is 5.13. The first kappa shape index (κ1) is 17.8. The Bertz CT molecular complexity index is 975. The van der Waals surface area contributed by atoms with E-state index < -0.39 is 0 Å². The molecule has 0 unspecified atom stereocenters. The summed E-state index contributed by atoms with van der Waals surface area (Å²) in [4.78, 5) is 33.4. The normalized spacial score (nSPS) is 11.4. The third kappa shape index (κ3) is 3.97. The van der Waals surface area contributed by atoms with Crippen molar-refractivity contribution in [2.45, 2.75) is 26.4 Å². The minimum Gasteiger partial charge on any atom is -0.310 e. The lowest BCUT2D eigenvalue weighted by atomic mass is 10.2. The number of fused-ring (bicyclic) bond motifs is 1. The van der Waals surface area contributed by atoms with Crippen LogP contribution in [0.1, 0.15) is 25.7 Å². The van der Waals surface area contributed by atoms with E-state index in [0.717, 1.165) is 0 Å². The van der Waals surface area contributed by atoms with Crippen molar-refractivity contribution >= 4 is 22.6 Å². The van der Waals surface area contributed by atoms with Crippen LogP contribution in [0.4, 0.5) is 5.82 Å². The highest BCUT2D eigenvalue weighted by atomic mass is 16.2. The van der Waals surface area contributed by atoms with Gasteiger partial charge in [0.15, 0.2) is 0 Å². The number of H-pyrrole nitrogens is 1. The zero-order valence-corrected chi connectivity index (χ0v) is 15.1. The summed E-state index contributed by atoms with van der Waals surface area (Å²) in [7, 11) is 1.80. The highest BCUT2D eigenvalue weighted by molar-refractivity contribution is 5.91. The Morgan fingerprint density at radius 1 is 1.31 bits per heavy atom. The summed E-state index contributed by atoms with van der Waals surface area (Å²) in [5.74, 6) is 1.03. The first-order valence-electron chi connectivity index (χ1n) is 8.44. The van der Waals surface area contributed by atoms with Gasteiger partial charge in [0.25, 0.3) is 5.56 Å². The van der Waals surface area contributed by atoms with Crippen LogP contribution in [0, 0.1) is 0 Å². The number of carbonyl (C=O) groups is 1. The molecule has 2 N–H and O–H groups in total. The van der Waals surface area contributed by atoms with E-state index in [0.29, 0.717) is 29.1 Å². The lowest BCUT2D eigenvalue weighted by molar-refractivity contribution is -0.117. The fraction of sp³-hybridized carbons (Fsp3) is 0.333. The fourth-order valence-corrected chi connectivity index (χ4v) is 2.77. The smallest absolute Gasteiger partial charge is 0.258 e. The van der Waals surface area contributed by atoms with Crippen molar-refractivity contribution in [2.75, 3.05) is 18.9 Å². The number of nitrogens with zero attached hydrogens (tertiary/aromatic N) is 4. The van der Waals surface area contributed by atoms with Gasteiger partial charge in [-0.15, -0.1) is 0 Å². The summed E-state index contributed by atoms with van der Waals surface area (Å²) in [5.41, 5.74) is 0.467. The second-order valence-corrected chi connectivity index (χ2v) is 6.51. The van der Waals surface area contributed by atoms with Crippen molar-refractivity contribution in [1.29, 1.82) is 0 Å². The Morgan fingerprint density at radius 3 is 2.85 bits per heavy atom. The van der Waals surface area contributed by atoms with Crippen LogP contribution < -0.4 is 10.9 Å². The molecule has 0 fully saturated rings. The molecule has 1 amide bonds. The maximum atomic E-state index is 12.3. The minimum absolute atomic E-state index is 0.155. The van der Waals surface area contributed by atoms with Crippen LogP contribution in [0.3, 0.4) is 0 Å². The molecule has 0 atom stereocenters. The van der Waals surface area contributed by atoms with Crippen molar-refractivity contribution in [1.82, 2.24) is 24.6 Å². The van der Waals surface area contributed by atoms with Crippen molar-refractivity contribution in [3.63, 3.8) is 0 Å². The molecule has 0 saturated heterocycles. The molecule has 0 bridgehead atoms. The lowest BCUT2D eigenvalue weighted by Gasteiger charge is -2.17. The van der Waals surface area contributed by atoms with Gasteiger partial charge in [-0.2, -0.15) is 5.10 Å². The molecule has 2 aromatic heterocycles. The van der Waals surface area contributed by atoms with E-state index in [1.165, 1.54) is 0 Å². The molecule has 1 aromatic carbocycles. The number of hydrogen-bond donors (Lipinski definition) is 2. The van der Waals surface area contributed by atoms with Crippen LogP contribution in [0.5, 0.6) is 0 Å². The third-order valence-corrected chi connectivity index (χ3v) is 3.92. The van der Waals surface area contributed by atoms with E-state index in [2.05, 4.69) is 20.4 Å². The second-order valence-electron chi connectivity index (χ2n) is 6.51. The molecule has 0 aliphatic rings. The molecule has 136 valence electrons. The number of likely N-dealkylation sites (N-methyl/N-ethyl adjacent to an activating group) is 1. The van der Waals surface area contributed by atoms with Gasteiger partial charge in [-0.05, 0) is 33.0 Å². The highest BCUT2D eigenvalue weighted by Gasteiger charge is 2.13. The molecule has 3 rings (SSSR count). The number of rotatable bonds is 6. The molecular formula is C18H22N6O2. The Morgan fingerprint density at radius 2 is 2.08 bits per heavy atom. The monoisotopic (exact) mass is 354 g/mol. The average molecular weight is 354 g/mol. The Hall–Kier alpha value is -3.00. The molecule has 0 aliphatic heterocycles. The van der Waals surface area contributed by atoms with E-state index in [1.807, 2.05) is 19.9 Å². The summed E-state index contributed by atoms with van der Waals surface area (Å²) in [5, 5.41) is 7.60. The van der Waals surface area contributed by atoms with Gasteiger partial charge in [-0.3, -0.25) is 14.5 Å². The molecular weight excluding hydrogens is 332 g/mol. The Balaban J connectivity index is 1.65. The summed E-state index contributed by atoms with van der Waals surface area (Å²) < 4.78 is 1.75. The maximum absolute atomic E-state index is 12.3.